The Balaban J connectivity index is 2.25. The molecule has 21 heavy (non-hydrogen) atoms. The standard InChI is InChI=1S/C15H18ClN3O2/c1-4-7-17-13-6-5-11(16)8-12(13)14(20)18-15-9(2)10(3)19-21-15/h5-6,8,17H,4,7H2,1-3H3,(H,18,20). The smallest absolute Gasteiger partial charge is 0.260 e. The van der Waals surface area contributed by atoms with Crippen LogP contribution in [-0.2, 0) is 0 Å². The second-order valence-corrected chi connectivity index (χ2v) is 5.23. The first-order valence-corrected chi connectivity index (χ1v) is 7.18. The molecule has 1 aromatic carbocycles. The van der Waals surface area contributed by atoms with E-state index in [9.17, 15) is 4.79 Å². The summed E-state index contributed by atoms with van der Waals surface area (Å²) >= 11 is 5.99. The molecule has 0 aliphatic carbocycles. The Bertz CT molecular complexity index is 652. The summed E-state index contributed by atoms with van der Waals surface area (Å²) < 4.78 is 5.10. The fourth-order valence-corrected chi connectivity index (χ4v) is 1.99. The summed E-state index contributed by atoms with van der Waals surface area (Å²) in [6.07, 6.45) is 0.962. The van der Waals surface area contributed by atoms with E-state index in [2.05, 4.69) is 22.7 Å². The number of hydrogen-bond acceptors (Lipinski definition) is 4. The van der Waals surface area contributed by atoms with Crippen LogP contribution >= 0.6 is 11.6 Å². The van der Waals surface area contributed by atoms with Gasteiger partial charge in [0.15, 0.2) is 0 Å². The van der Waals surface area contributed by atoms with Crippen molar-refractivity contribution in [2.24, 2.45) is 0 Å². The molecule has 1 amide bonds. The van der Waals surface area contributed by atoms with Crippen molar-refractivity contribution in [2.75, 3.05) is 17.2 Å². The van der Waals surface area contributed by atoms with Gasteiger partial charge in [-0.2, -0.15) is 0 Å². The SMILES string of the molecule is CCCNc1ccc(Cl)cc1C(=O)Nc1onc(C)c1C. The number of hydrogen-bond donors (Lipinski definition) is 2. The zero-order chi connectivity index (χ0) is 15.4. The van der Waals surface area contributed by atoms with Crippen molar-refractivity contribution >= 4 is 29.1 Å². The Morgan fingerprint density at radius 1 is 1.38 bits per heavy atom. The molecule has 2 aromatic rings. The largest absolute Gasteiger partial charge is 0.384 e. The Labute approximate surface area is 128 Å². The summed E-state index contributed by atoms with van der Waals surface area (Å²) in [5.74, 6) is 0.0780. The minimum Gasteiger partial charge on any atom is -0.384 e. The van der Waals surface area contributed by atoms with Gasteiger partial charge in [-0.05, 0) is 38.5 Å². The van der Waals surface area contributed by atoms with Crippen LogP contribution in [0.3, 0.4) is 0 Å². The normalized spacial score (nSPS) is 10.5. The third-order valence-corrected chi connectivity index (χ3v) is 3.41. The highest BCUT2D eigenvalue weighted by Gasteiger charge is 2.16. The first-order valence-electron chi connectivity index (χ1n) is 6.80. The molecule has 0 aliphatic rings. The Kier molecular flexibility index (Phi) is 4.85. The van der Waals surface area contributed by atoms with E-state index in [1.165, 1.54) is 0 Å². The summed E-state index contributed by atoms with van der Waals surface area (Å²) in [4.78, 5) is 12.4. The molecule has 0 atom stereocenters. The molecule has 6 heteroatoms. The van der Waals surface area contributed by atoms with Gasteiger partial charge in [-0.3, -0.25) is 10.1 Å². The van der Waals surface area contributed by atoms with Crippen molar-refractivity contribution in [1.29, 1.82) is 0 Å². The summed E-state index contributed by atoms with van der Waals surface area (Å²) in [6, 6.07) is 5.18. The Morgan fingerprint density at radius 2 is 2.14 bits per heavy atom. The molecule has 0 spiro atoms. The third-order valence-electron chi connectivity index (χ3n) is 3.18. The second kappa shape index (κ2) is 6.63. The predicted molar refractivity (Wildman–Crippen MR) is 84.2 cm³/mol. The molecule has 1 aromatic heterocycles. The first kappa shape index (κ1) is 15.4. The molecule has 0 bridgehead atoms. The van der Waals surface area contributed by atoms with Crippen LogP contribution in [0.1, 0.15) is 35.0 Å². The molecule has 2 rings (SSSR count). The van der Waals surface area contributed by atoms with Crippen molar-refractivity contribution in [3.8, 4) is 0 Å². The molecule has 1 heterocycles. The van der Waals surface area contributed by atoms with Crippen LogP contribution in [0.4, 0.5) is 11.6 Å². The second-order valence-electron chi connectivity index (χ2n) is 4.79. The average Bonchev–Trinajstić information content (AvgIpc) is 2.78. The fourth-order valence-electron chi connectivity index (χ4n) is 1.82. The van der Waals surface area contributed by atoms with Crippen LogP contribution in [0.2, 0.25) is 5.02 Å². The number of carbonyl (C=O) groups is 1. The monoisotopic (exact) mass is 307 g/mol. The number of nitrogens with one attached hydrogen (secondary N) is 2. The number of aromatic nitrogens is 1. The van der Waals surface area contributed by atoms with Crippen LogP contribution in [0.25, 0.3) is 0 Å². The topological polar surface area (TPSA) is 67.2 Å². The number of amides is 1. The molecular formula is C15H18ClN3O2. The Morgan fingerprint density at radius 3 is 2.76 bits per heavy atom. The average molecular weight is 308 g/mol. The lowest BCUT2D eigenvalue weighted by molar-refractivity contribution is 0.102. The highest BCUT2D eigenvalue weighted by atomic mass is 35.5. The van der Waals surface area contributed by atoms with Gasteiger partial charge in [-0.25, -0.2) is 0 Å². The van der Waals surface area contributed by atoms with Crippen LogP contribution in [0.5, 0.6) is 0 Å². The predicted octanol–water partition coefficient (Wildman–Crippen LogP) is 4.02. The molecule has 0 aliphatic heterocycles. The van der Waals surface area contributed by atoms with Crippen molar-refractivity contribution in [3.63, 3.8) is 0 Å². The molecule has 112 valence electrons. The van der Waals surface area contributed by atoms with Crippen molar-refractivity contribution in [1.82, 2.24) is 5.16 Å². The van der Waals surface area contributed by atoms with Crippen molar-refractivity contribution in [2.45, 2.75) is 27.2 Å². The highest BCUT2D eigenvalue weighted by Crippen LogP contribution is 2.24. The van der Waals surface area contributed by atoms with E-state index in [0.29, 0.717) is 16.5 Å². The van der Waals surface area contributed by atoms with E-state index in [1.54, 1.807) is 18.2 Å². The molecule has 5 nitrogen and oxygen atoms in total. The van der Waals surface area contributed by atoms with Crippen LogP contribution in [0, 0.1) is 13.8 Å². The zero-order valence-corrected chi connectivity index (χ0v) is 13.0. The number of carbonyl (C=O) groups excluding carboxylic acids is 1. The lowest BCUT2D eigenvalue weighted by atomic mass is 10.1. The quantitative estimate of drug-likeness (QED) is 0.875. The summed E-state index contributed by atoms with van der Waals surface area (Å²) in [5.41, 5.74) is 2.78. The molecule has 0 saturated heterocycles. The summed E-state index contributed by atoms with van der Waals surface area (Å²) in [5, 5.41) is 10.3. The maximum atomic E-state index is 12.4. The summed E-state index contributed by atoms with van der Waals surface area (Å²) in [7, 11) is 0. The minimum absolute atomic E-state index is 0.282. The number of nitrogens with zero attached hydrogens (tertiary/aromatic N) is 1. The number of benzene rings is 1. The first-order chi connectivity index (χ1) is 10.0. The van der Waals surface area contributed by atoms with Crippen molar-refractivity contribution in [3.05, 3.63) is 40.0 Å². The van der Waals surface area contributed by atoms with E-state index < -0.39 is 0 Å². The molecule has 0 saturated carbocycles. The van der Waals surface area contributed by atoms with Crippen molar-refractivity contribution < 1.29 is 9.32 Å². The van der Waals surface area contributed by atoms with Gasteiger partial charge in [0.2, 0.25) is 5.88 Å². The number of anilines is 2. The highest BCUT2D eigenvalue weighted by molar-refractivity contribution is 6.31. The molecule has 2 N–H and O–H groups in total. The number of aryl methyl sites for hydroxylation is 1. The maximum Gasteiger partial charge on any atom is 0.260 e. The van der Waals surface area contributed by atoms with E-state index in [1.807, 2.05) is 13.8 Å². The molecule has 0 radical (unpaired) electrons. The van der Waals surface area contributed by atoms with Crippen LogP contribution in [-0.4, -0.2) is 17.6 Å². The van der Waals surface area contributed by atoms with Gasteiger partial charge < -0.3 is 9.84 Å². The van der Waals surface area contributed by atoms with Crippen LogP contribution in [0.15, 0.2) is 22.7 Å². The Hall–Kier alpha value is -2.01. The molecule has 0 fully saturated rings. The van der Waals surface area contributed by atoms with Gasteiger partial charge in [0.25, 0.3) is 5.91 Å². The van der Waals surface area contributed by atoms with Gasteiger partial charge >= 0.3 is 0 Å². The maximum absolute atomic E-state index is 12.4. The number of rotatable bonds is 5. The van der Waals surface area contributed by atoms with Gasteiger partial charge in [0.1, 0.15) is 0 Å². The molecular weight excluding hydrogens is 290 g/mol. The lowest BCUT2D eigenvalue weighted by Gasteiger charge is -2.11. The van der Waals surface area contributed by atoms with E-state index >= 15 is 0 Å². The van der Waals surface area contributed by atoms with E-state index in [0.717, 1.165) is 29.9 Å². The minimum atomic E-state index is -0.282. The van der Waals surface area contributed by atoms with Gasteiger partial charge in [0, 0.05) is 22.8 Å². The van der Waals surface area contributed by atoms with Gasteiger partial charge in [-0.1, -0.05) is 23.7 Å². The van der Waals surface area contributed by atoms with Gasteiger partial charge in [0.05, 0.1) is 11.3 Å². The van der Waals surface area contributed by atoms with Gasteiger partial charge in [-0.15, -0.1) is 0 Å². The van der Waals surface area contributed by atoms with E-state index in [-0.39, 0.29) is 5.91 Å². The third kappa shape index (κ3) is 3.55. The van der Waals surface area contributed by atoms with Crippen LogP contribution < -0.4 is 10.6 Å². The fraction of sp³-hybridized carbons (Fsp3) is 0.333. The summed E-state index contributed by atoms with van der Waals surface area (Å²) in [6.45, 7) is 6.50. The number of halogens is 1. The molecule has 0 unspecified atom stereocenters. The lowest BCUT2D eigenvalue weighted by Crippen LogP contribution is -2.15. The zero-order valence-electron chi connectivity index (χ0n) is 12.3. The van der Waals surface area contributed by atoms with E-state index in [4.69, 9.17) is 16.1 Å².